The van der Waals surface area contributed by atoms with Crippen molar-refractivity contribution < 1.29 is 18.5 Å². The zero-order chi connectivity index (χ0) is 24.9. The molecule has 0 aliphatic rings. The lowest BCUT2D eigenvalue weighted by atomic mass is 10.1. The number of allylic oxidation sites excluding steroid dienone is 1. The monoisotopic (exact) mass is 508 g/mol. The van der Waals surface area contributed by atoms with Crippen molar-refractivity contribution in [3.05, 3.63) is 81.7 Å². The molecule has 0 radical (unpaired) electrons. The van der Waals surface area contributed by atoms with Crippen LogP contribution in [-0.4, -0.2) is 18.0 Å². The Bertz CT molecular complexity index is 1500. The van der Waals surface area contributed by atoms with E-state index in [-0.39, 0.29) is 16.5 Å². The summed E-state index contributed by atoms with van der Waals surface area (Å²) >= 11 is 7.50. The lowest BCUT2D eigenvalue weighted by molar-refractivity contribution is -0.688. The maximum Gasteiger partial charge on any atom is 0.248 e. The second-order valence-electron chi connectivity index (χ2n) is 7.53. The number of nitriles is 1. The van der Waals surface area contributed by atoms with Gasteiger partial charge in [-0.25, -0.2) is 4.39 Å². The highest BCUT2D eigenvalue weighted by atomic mass is 35.5. The smallest absolute Gasteiger partial charge is 0.248 e. The molecule has 0 unspecified atom stereocenters. The number of ether oxygens (including phenoxy) is 1. The third kappa shape index (κ3) is 5.40. The number of pyridine rings is 1. The van der Waals surface area contributed by atoms with Gasteiger partial charge in [-0.1, -0.05) is 22.9 Å². The zero-order valence-electron chi connectivity index (χ0n) is 18.8. The first-order valence-corrected chi connectivity index (χ1v) is 11.7. The summed E-state index contributed by atoms with van der Waals surface area (Å²) in [6.07, 6.45) is 4.65. The highest BCUT2D eigenvalue weighted by Crippen LogP contribution is 2.36. The number of amides is 1. The van der Waals surface area contributed by atoms with Crippen molar-refractivity contribution in [1.29, 1.82) is 5.26 Å². The van der Waals surface area contributed by atoms with Gasteiger partial charge in [0.25, 0.3) is 0 Å². The number of hydrogen-bond acceptors (Lipinski definition) is 6. The van der Waals surface area contributed by atoms with E-state index in [4.69, 9.17) is 16.3 Å². The number of carbonyl (C=O) groups is 1. The van der Waals surface area contributed by atoms with Gasteiger partial charge in [-0.15, -0.1) is 0 Å². The highest BCUT2D eigenvalue weighted by molar-refractivity contribution is 7.07. The average molecular weight is 509 g/mol. The van der Waals surface area contributed by atoms with Gasteiger partial charge in [-0.05, 0) is 30.3 Å². The van der Waals surface area contributed by atoms with Crippen LogP contribution in [-0.2, 0) is 11.3 Å². The molecule has 0 saturated heterocycles. The van der Waals surface area contributed by atoms with E-state index in [1.165, 1.54) is 37.6 Å². The van der Waals surface area contributed by atoms with Gasteiger partial charge in [-0.2, -0.15) is 9.83 Å². The van der Waals surface area contributed by atoms with Gasteiger partial charge >= 0.3 is 0 Å². The molecule has 0 aliphatic carbocycles. The van der Waals surface area contributed by atoms with E-state index >= 15 is 0 Å². The predicted molar refractivity (Wildman–Crippen MR) is 135 cm³/mol. The number of benzene rings is 2. The summed E-state index contributed by atoms with van der Waals surface area (Å²) in [4.78, 5) is 16.9. The Labute approximate surface area is 210 Å². The number of fused-ring (bicyclic) bond motifs is 1. The molecule has 0 fully saturated rings. The van der Waals surface area contributed by atoms with E-state index in [1.54, 1.807) is 29.5 Å². The quantitative estimate of drug-likeness (QED) is 0.254. The number of anilines is 3. The van der Waals surface area contributed by atoms with Crippen molar-refractivity contribution in [2.75, 3.05) is 17.7 Å². The Kier molecular flexibility index (Phi) is 7.25. The molecular weight excluding hydrogens is 489 g/mol. The van der Waals surface area contributed by atoms with Crippen molar-refractivity contribution in [2.45, 2.75) is 13.5 Å². The molecule has 0 spiro atoms. The molecule has 4 aromatic rings. The van der Waals surface area contributed by atoms with Gasteiger partial charge in [0.15, 0.2) is 12.2 Å². The number of aryl methyl sites for hydroxylation is 1. The first kappa shape index (κ1) is 24.1. The first-order valence-electron chi connectivity index (χ1n) is 10.4. The van der Waals surface area contributed by atoms with Gasteiger partial charge in [0, 0.05) is 36.3 Å². The Morgan fingerprint density at radius 2 is 2.20 bits per heavy atom. The summed E-state index contributed by atoms with van der Waals surface area (Å²) in [7, 11) is 1.49. The molecule has 35 heavy (non-hydrogen) atoms. The number of nitrogens with zero attached hydrogens (tertiary/aromatic N) is 3. The molecule has 176 valence electrons. The van der Waals surface area contributed by atoms with Crippen molar-refractivity contribution in [3.63, 3.8) is 0 Å². The second kappa shape index (κ2) is 10.5. The molecule has 2 aromatic heterocycles. The minimum absolute atomic E-state index is 0.0518. The summed E-state index contributed by atoms with van der Waals surface area (Å²) in [5.41, 5.74) is 5.24. The fourth-order valence-electron chi connectivity index (χ4n) is 3.41. The number of hydrogen-bond donors (Lipinski definition) is 2. The summed E-state index contributed by atoms with van der Waals surface area (Å²) in [6.45, 7) is 2.57. The fourth-order valence-corrected chi connectivity index (χ4v) is 4.39. The third-order valence-electron chi connectivity index (χ3n) is 5.21. The molecule has 0 aliphatic heterocycles. The Hall–Kier alpha value is -4.00. The Morgan fingerprint density at radius 3 is 2.89 bits per heavy atom. The molecule has 4 rings (SSSR count). The largest absolute Gasteiger partial charge is 0.494 e. The number of aromatic nitrogens is 2. The summed E-state index contributed by atoms with van der Waals surface area (Å²) in [5.74, 6) is -0.469. The number of carbonyl (C=O) groups excluding carboxylic acids is 1. The third-order valence-corrected chi connectivity index (χ3v) is 6.35. The van der Waals surface area contributed by atoms with Crippen LogP contribution in [0.1, 0.15) is 11.3 Å². The van der Waals surface area contributed by atoms with Crippen LogP contribution in [0.15, 0.2) is 59.6 Å². The lowest BCUT2D eigenvalue weighted by Crippen LogP contribution is -2.32. The first-order chi connectivity index (χ1) is 16.9. The maximum absolute atomic E-state index is 13.6. The number of nitrogens with one attached hydrogen (secondary N) is 2. The van der Waals surface area contributed by atoms with E-state index in [2.05, 4.69) is 21.7 Å². The van der Waals surface area contributed by atoms with E-state index in [1.807, 2.05) is 22.4 Å². The molecule has 7 nitrogen and oxygen atoms in total. The topological polar surface area (TPSA) is 90.9 Å². The predicted octanol–water partition coefficient (Wildman–Crippen LogP) is 5.50. The normalized spacial score (nSPS) is 10.9. The minimum Gasteiger partial charge on any atom is -0.494 e. The van der Waals surface area contributed by atoms with Crippen LogP contribution >= 0.6 is 22.9 Å². The van der Waals surface area contributed by atoms with Crippen LogP contribution in [0.3, 0.4) is 0 Å². The Balaban J connectivity index is 1.67. The van der Waals surface area contributed by atoms with Crippen LogP contribution in [0.5, 0.6) is 5.75 Å². The highest BCUT2D eigenvalue weighted by Gasteiger charge is 2.15. The van der Waals surface area contributed by atoms with Gasteiger partial charge in [0.1, 0.15) is 17.6 Å². The van der Waals surface area contributed by atoms with Gasteiger partial charge < -0.3 is 15.4 Å². The average Bonchev–Trinajstić information content (AvgIpc) is 3.25. The van der Waals surface area contributed by atoms with E-state index < -0.39 is 5.82 Å². The van der Waals surface area contributed by atoms with Crippen molar-refractivity contribution in [3.8, 4) is 11.8 Å². The van der Waals surface area contributed by atoms with Gasteiger partial charge in [0.2, 0.25) is 11.4 Å². The molecule has 0 atom stereocenters. The number of methoxy groups -OCH3 is 1. The molecule has 2 aromatic carbocycles. The van der Waals surface area contributed by atoms with Crippen LogP contribution < -0.4 is 19.9 Å². The van der Waals surface area contributed by atoms with Gasteiger partial charge in [0.05, 0.1) is 40.0 Å². The molecule has 10 heteroatoms. The molecule has 0 saturated carbocycles. The van der Waals surface area contributed by atoms with Crippen LogP contribution in [0.4, 0.5) is 21.5 Å². The second-order valence-corrected chi connectivity index (χ2v) is 8.65. The van der Waals surface area contributed by atoms with Crippen molar-refractivity contribution in [2.24, 2.45) is 0 Å². The molecule has 0 bridgehead atoms. The van der Waals surface area contributed by atoms with Crippen molar-refractivity contribution in [1.82, 2.24) is 4.98 Å². The maximum atomic E-state index is 13.6. The minimum atomic E-state index is -0.548. The standard InChI is InChI=1S/C25H19ClFN5O2S/c1-15-13-35-14-32(15)7-3-4-24(33)31-22-9-18-21(10-23(22)34-2)29-12-16(11-28)25(18)30-17-5-6-20(27)19(26)8-17/h3-6,8-10,12-14H,7H2,1-2H3,(H-,29,30,31,33)/p+1/b4-3+. The van der Waals surface area contributed by atoms with E-state index in [0.717, 1.165) is 5.69 Å². The lowest BCUT2D eigenvalue weighted by Gasteiger charge is -2.15. The van der Waals surface area contributed by atoms with Crippen LogP contribution in [0.25, 0.3) is 10.9 Å². The zero-order valence-corrected chi connectivity index (χ0v) is 20.4. The molecule has 1 amide bonds. The van der Waals surface area contributed by atoms with Crippen LogP contribution in [0.2, 0.25) is 5.02 Å². The molecule has 2 N–H and O–H groups in total. The van der Waals surface area contributed by atoms with Gasteiger partial charge in [-0.3, -0.25) is 9.78 Å². The summed E-state index contributed by atoms with van der Waals surface area (Å²) in [5, 5.41) is 18.1. The fraction of sp³-hybridized carbons (Fsp3) is 0.120. The number of halogens is 2. The van der Waals surface area contributed by atoms with Crippen LogP contribution in [0, 0.1) is 24.1 Å². The summed E-state index contributed by atoms with van der Waals surface area (Å²) in [6, 6.07) is 9.63. The molecule has 2 heterocycles. The SMILES string of the molecule is COc1cc2ncc(C#N)c(Nc3ccc(F)c(Cl)c3)c2cc1NC(=O)/C=C/C[n+]1cscc1C. The summed E-state index contributed by atoms with van der Waals surface area (Å²) < 4.78 is 21.1. The van der Waals surface area contributed by atoms with Crippen molar-refractivity contribution >= 4 is 56.8 Å². The number of thiazole rings is 1. The molecular formula is C25H20ClFN5O2S+. The van der Waals surface area contributed by atoms with E-state index in [9.17, 15) is 14.4 Å². The van der Waals surface area contributed by atoms with E-state index in [0.29, 0.717) is 40.3 Å². The number of rotatable bonds is 7. The Morgan fingerprint density at radius 1 is 1.37 bits per heavy atom.